The fourth-order valence-electron chi connectivity index (χ4n) is 2.52. The first-order chi connectivity index (χ1) is 10.7. The number of nitrogens with zero attached hydrogens (tertiary/aromatic N) is 1. The van der Waals surface area contributed by atoms with Crippen LogP contribution in [0.25, 0.3) is 0 Å². The van der Waals surface area contributed by atoms with E-state index < -0.39 is 0 Å². The molecule has 3 heteroatoms. The lowest BCUT2D eigenvalue weighted by Gasteiger charge is -2.21. The van der Waals surface area contributed by atoms with Crippen molar-refractivity contribution in [2.24, 2.45) is 0 Å². The van der Waals surface area contributed by atoms with Crippen LogP contribution in [0, 0.1) is 0 Å². The largest absolute Gasteiger partial charge is 0.363 e. The van der Waals surface area contributed by atoms with Crippen LogP contribution in [-0.4, -0.2) is 23.6 Å². The minimum Gasteiger partial charge on any atom is -0.363 e. The quantitative estimate of drug-likeness (QED) is 0.449. The molecule has 0 bridgehead atoms. The maximum atomic E-state index is 5.44. The maximum absolute atomic E-state index is 5.44. The zero-order chi connectivity index (χ0) is 16.0. The second kappa shape index (κ2) is 12.5. The average Bonchev–Trinajstić information content (AvgIpc) is 2.54. The Morgan fingerprint density at radius 3 is 2.18 bits per heavy atom. The highest BCUT2D eigenvalue weighted by Crippen LogP contribution is 2.08. The van der Waals surface area contributed by atoms with Crippen LogP contribution in [0.4, 0.5) is 0 Å². The van der Waals surface area contributed by atoms with Crippen molar-refractivity contribution >= 4 is 17.3 Å². The predicted octanol–water partition coefficient (Wildman–Crippen LogP) is 5.13. The number of hydrogen-bond acceptors (Lipinski definition) is 1. The number of rotatable bonds is 11. The van der Waals surface area contributed by atoms with E-state index in [2.05, 4.69) is 48.5 Å². The van der Waals surface area contributed by atoms with Gasteiger partial charge in [0.05, 0.1) is 0 Å². The molecular formula is C19H32N2S. The summed E-state index contributed by atoms with van der Waals surface area (Å²) in [5, 5.41) is 4.22. The Morgan fingerprint density at radius 2 is 1.55 bits per heavy atom. The molecule has 0 saturated heterocycles. The molecule has 0 aliphatic carbocycles. The highest BCUT2D eigenvalue weighted by atomic mass is 32.1. The molecular weight excluding hydrogens is 288 g/mol. The van der Waals surface area contributed by atoms with Gasteiger partial charge >= 0.3 is 0 Å². The van der Waals surface area contributed by atoms with Crippen LogP contribution in [-0.2, 0) is 6.54 Å². The first-order valence-electron chi connectivity index (χ1n) is 8.77. The summed E-state index contributed by atoms with van der Waals surface area (Å²) in [7, 11) is 2.05. The van der Waals surface area contributed by atoms with E-state index in [0.29, 0.717) is 0 Å². The molecule has 1 aromatic carbocycles. The van der Waals surface area contributed by atoms with Crippen molar-refractivity contribution in [1.82, 2.24) is 10.2 Å². The molecule has 0 aliphatic heterocycles. The Morgan fingerprint density at radius 1 is 0.955 bits per heavy atom. The predicted molar refractivity (Wildman–Crippen MR) is 101 cm³/mol. The minimum atomic E-state index is 0.854. The number of benzene rings is 1. The lowest BCUT2D eigenvalue weighted by molar-refractivity contribution is 0.485. The van der Waals surface area contributed by atoms with Crippen molar-refractivity contribution in [3.63, 3.8) is 0 Å². The van der Waals surface area contributed by atoms with Crippen LogP contribution in [0.5, 0.6) is 0 Å². The van der Waals surface area contributed by atoms with E-state index >= 15 is 0 Å². The van der Waals surface area contributed by atoms with Crippen LogP contribution < -0.4 is 5.32 Å². The molecule has 2 nitrogen and oxygen atoms in total. The van der Waals surface area contributed by atoms with Crippen molar-refractivity contribution < 1.29 is 0 Å². The first kappa shape index (κ1) is 19.0. The van der Waals surface area contributed by atoms with Crippen LogP contribution >= 0.6 is 12.2 Å². The summed E-state index contributed by atoms with van der Waals surface area (Å²) in [4.78, 5) is 2.11. The molecule has 1 rings (SSSR count). The molecule has 1 N–H and O–H groups in total. The lowest BCUT2D eigenvalue weighted by Crippen LogP contribution is -2.37. The topological polar surface area (TPSA) is 15.3 Å². The third kappa shape index (κ3) is 9.04. The zero-order valence-corrected chi connectivity index (χ0v) is 15.1. The van der Waals surface area contributed by atoms with Gasteiger partial charge in [0.25, 0.3) is 0 Å². The highest BCUT2D eigenvalue weighted by molar-refractivity contribution is 7.80. The van der Waals surface area contributed by atoms with Gasteiger partial charge in [-0.15, -0.1) is 0 Å². The molecule has 0 heterocycles. The van der Waals surface area contributed by atoms with Gasteiger partial charge in [-0.3, -0.25) is 0 Å². The number of unbranched alkanes of at least 4 members (excludes halogenated alkanes) is 7. The van der Waals surface area contributed by atoms with Crippen LogP contribution in [0.1, 0.15) is 63.9 Å². The number of hydrogen-bond donors (Lipinski definition) is 1. The van der Waals surface area contributed by atoms with Crippen LogP contribution in [0.2, 0.25) is 0 Å². The summed E-state index contributed by atoms with van der Waals surface area (Å²) < 4.78 is 0. The van der Waals surface area contributed by atoms with Crippen LogP contribution in [0.15, 0.2) is 30.3 Å². The van der Waals surface area contributed by atoms with Gasteiger partial charge in [0.2, 0.25) is 0 Å². The van der Waals surface area contributed by atoms with E-state index in [0.717, 1.165) is 18.2 Å². The average molecular weight is 321 g/mol. The summed E-state index contributed by atoms with van der Waals surface area (Å²) in [6.07, 6.45) is 10.8. The second-order valence-electron chi connectivity index (χ2n) is 6.05. The van der Waals surface area contributed by atoms with Gasteiger partial charge in [-0.05, 0) is 24.2 Å². The van der Waals surface area contributed by atoms with Gasteiger partial charge in [0.1, 0.15) is 0 Å². The van der Waals surface area contributed by atoms with Gasteiger partial charge in [-0.25, -0.2) is 0 Å². The van der Waals surface area contributed by atoms with Crippen molar-refractivity contribution in [2.75, 3.05) is 13.6 Å². The molecule has 0 aliphatic rings. The molecule has 0 aromatic heterocycles. The van der Waals surface area contributed by atoms with Gasteiger partial charge < -0.3 is 10.2 Å². The minimum absolute atomic E-state index is 0.854. The van der Waals surface area contributed by atoms with E-state index in [1.807, 2.05) is 6.07 Å². The molecule has 0 atom stereocenters. The highest BCUT2D eigenvalue weighted by Gasteiger charge is 2.04. The third-order valence-electron chi connectivity index (χ3n) is 3.92. The normalized spacial score (nSPS) is 10.5. The fraction of sp³-hybridized carbons (Fsp3) is 0.632. The molecule has 0 spiro atoms. The van der Waals surface area contributed by atoms with Gasteiger partial charge in [-0.1, -0.05) is 82.2 Å². The van der Waals surface area contributed by atoms with Crippen molar-refractivity contribution in [1.29, 1.82) is 0 Å². The van der Waals surface area contributed by atoms with E-state index in [-0.39, 0.29) is 0 Å². The van der Waals surface area contributed by atoms with Crippen molar-refractivity contribution in [3.05, 3.63) is 35.9 Å². The van der Waals surface area contributed by atoms with E-state index in [9.17, 15) is 0 Å². The molecule has 1 aromatic rings. The van der Waals surface area contributed by atoms with Crippen LogP contribution in [0.3, 0.4) is 0 Å². The first-order valence-corrected chi connectivity index (χ1v) is 9.17. The number of nitrogens with one attached hydrogen (secondary N) is 1. The number of thiocarbonyl (C=S) groups is 1. The van der Waals surface area contributed by atoms with E-state index in [1.54, 1.807) is 0 Å². The maximum Gasteiger partial charge on any atom is 0.168 e. The molecule has 0 radical (unpaired) electrons. The zero-order valence-electron chi connectivity index (χ0n) is 14.3. The molecule has 124 valence electrons. The summed E-state index contributed by atoms with van der Waals surface area (Å²) in [5.74, 6) is 0. The molecule has 0 fully saturated rings. The van der Waals surface area contributed by atoms with Gasteiger partial charge in [0.15, 0.2) is 5.11 Å². The van der Waals surface area contributed by atoms with Crippen molar-refractivity contribution in [3.8, 4) is 0 Å². The fourth-order valence-corrected chi connectivity index (χ4v) is 2.68. The molecule has 0 saturated carbocycles. The summed E-state index contributed by atoms with van der Waals surface area (Å²) in [5.41, 5.74) is 1.29. The summed E-state index contributed by atoms with van der Waals surface area (Å²) in [6, 6.07) is 10.5. The smallest absolute Gasteiger partial charge is 0.168 e. The Bertz CT molecular complexity index is 392. The lowest BCUT2D eigenvalue weighted by atomic mass is 10.1. The van der Waals surface area contributed by atoms with Crippen molar-refractivity contribution in [2.45, 2.75) is 64.8 Å². The Balaban J connectivity index is 2.01. The Hall–Kier alpha value is -1.09. The summed E-state index contributed by atoms with van der Waals surface area (Å²) >= 11 is 5.44. The monoisotopic (exact) mass is 320 g/mol. The summed E-state index contributed by atoms with van der Waals surface area (Å²) in [6.45, 7) is 4.13. The van der Waals surface area contributed by atoms with Gasteiger partial charge in [0, 0.05) is 20.1 Å². The molecule has 22 heavy (non-hydrogen) atoms. The standard InChI is InChI=1S/C19H32N2S/c1-3-4-5-6-7-8-9-13-16-20-19(22)21(2)17-18-14-11-10-12-15-18/h10-12,14-15H,3-9,13,16-17H2,1-2H3,(H,20,22). The second-order valence-corrected chi connectivity index (χ2v) is 6.44. The Labute approximate surface area is 142 Å². The third-order valence-corrected chi connectivity index (χ3v) is 4.37. The van der Waals surface area contributed by atoms with E-state index in [1.165, 1.54) is 56.9 Å². The molecule has 0 unspecified atom stereocenters. The van der Waals surface area contributed by atoms with Gasteiger partial charge in [-0.2, -0.15) is 0 Å². The Kier molecular flexibility index (Phi) is 10.7. The molecule has 0 amide bonds. The SMILES string of the molecule is CCCCCCCCCCNC(=S)N(C)Cc1ccccc1. The van der Waals surface area contributed by atoms with E-state index in [4.69, 9.17) is 12.2 Å².